The minimum atomic E-state index is -1.36. The first-order chi connectivity index (χ1) is 7.45. The zero-order valence-corrected chi connectivity index (χ0v) is 9.78. The van der Waals surface area contributed by atoms with E-state index in [4.69, 9.17) is 4.74 Å². The molecule has 88 valence electrons. The van der Waals surface area contributed by atoms with E-state index >= 15 is 0 Å². The summed E-state index contributed by atoms with van der Waals surface area (Å²) in [5, 5.41) is 12.1. The number of hydrogen-bond acceptors (Lipinski definition) is 3. The van der Waals surface area contributed by atoms with Gasteiger partial charge in [-0.15, -0.1) is 0 Å². The SMILES string of the molecule is COc1ccccc1CNC(=O)C(C)(C)O. The second-order valence-electron chi connectivity index (χ2n) is 4.05. The van der Waals surface area contributed by atoms with Crippen LogP contribution in [0.15, 0.2) is 24.3 Å². The van der Waals surface area contributed by atoms with Crippen LogP contribution in [0.5, 0.6) is 5.75 Å². The Morgan fingerprint density at radius 2 is 2.06 bits per heavy atom. The number of carbonyl (C=O) groups is 1. The molecule has 0 aromatic heterocycles. The molecule has 0 spiro atoms. The van der Waals surface area contributed by atoms with E-state index in [1.165, 1.54) is 13.8 Å². The number of rotatable bonds is 4. The van der Waals surface area contributed by atoms with Gasteiger partial charge in [0.2, 0.25) is 0 Å². The molecule has 2 N–H and O–H groups in total. The van der Waals surface area contributed by atoms with Crippen molar-refractivity contribution < 1.29 is 14.6 Å². The highest BCUT2D eigenvalue weighted by atomic mass is 16.5. The summed E-state index contributed by atoms with van der Waals surface area (Å²) in [6, 6.07) is 7.42. The molecule has 4 nitrogen and oxygen atoms in total. The number of amides is 1. The molecule has 0 aliphatic carbocycles. The molecule has 1 amide bonds. The molecule has 0 radical (unpaired) electrons. The van der Waals surface area contributed by atoms with Crippen molar-refractivity contribution in [1.29, 1.82) is 0 Å². The fourth-order valence-corrected chi connectivity index (χ4v) is 1.24. The van der Waals surface area contributed by atoms with E-state index in [9.17, 15) is 9.90 Å². The minimum absolute atomic E-state index is 0.340. The van der Waals surface area contributed by atoms with Gasteiger partial charge in [0.1, 0.15) is 11.4 Å². The Morgan fingerprint density at radius 3 is 2.62 bits per heavy atom. The van der Waals surface area contributed by atoms with Gasteiger partial charge in [-0.2, -0.15) is 0 Å². The Morgan fingerprint density at radius 1 is 1.44 bits per heavy atom. The van der Waals surface area contributed by atoms with Gasteiger partial charge in [0.15, 0.2) is 0 Å². The van der Waals surface area contributed by atoms with Crippen LogP contribution in [0.2, 0.25) is 0 Å². The molecule has 0 saturated heterocycles. The van der Waals surface area contributed by atoms with Crippen LogP contribution in [0.3, 0.4) is 0 Å². The van der Waals surface area contributed by atoms with E-state index < -0.39 is 11.5 Å². The Bertz CT molecular complexity index is 369. The van der Waals surface area contributed by atoms with Crippen molar-refractivity contribution in [1.82, 2.24) is 5.32 Å². The number of para-hydroxylation sites is 1. The molecular weight excluding hydrogens is 206 g/mol. The lowest BCUT2D eigenvalue weighted by molar-refractivity contribution is -0.136. The summed E-state index contributed by atoms with van der Waals surface area (Å²) in [6.07, 6.45) is 0. The van der Waals surface area contributed by atoms with Gasteiger partial charge in [0.25, 0.3) is 5.91 Å². The average molecular weight is 223 g/mol. The van der Waals surface area contributed by atoms with Gasteiger partial charge < -0.3 is 15.2 Å². The highest BCUT2D eigenvalue weighted by Gasteiger charge is 2.23. The van der Waals surface area contributed by atoms with Gasteiger partial charge in [-0.1, -0.05) is 18.2 Å². The van der Waals surface area contributed by atoms with Crippen molar-refractivity contribution in [3.63, 3.8) is 0 Å². The van der Waals surface area contributed by atoms with Crippen LogP contribution >= 0.6 is 0 Å². The summed E-state index contributed by atoms with van der Waals surface area (Å²) in [5.41, 5.74) is -0.482. The molecule has 1 aromatic rings. The first-order valence-electron chi connectivity index (χ1n) is 5.07. The number of carbonyl (C=O) groups excluding carboxylic acids is 1. The van der Waals surface area contributed by atoms with E-state index in [0.29, 0.717) is 6.54 Å². The molecule has 1 aromatic carbocycles. The Labute approximate surface area is 95.2 Å². The zero-order valence-electron chi connectivity index (χ0n) is 9.78. The number of ether oxygens (including phenoxy) is 1. The first kappa shape index (κ1) is 12.5. The second-order valence-corrected chi connectivity index (χ2v) is 4.05. The number of methoxy groups -OCH3 is 1. The molecule has 1 rings (SSSR count). The smallest absolute Gasteiger partial charge is 0.251 e. The maximum Gasteiger partial charge on any atom is 0.251 e. The van der Waals surface area contributed by atoms with Gasteiger partial charge in [-0.25, -0.2) is 0 Å². The molecule has 0 saturated carbocycles. The van der Waals surface area contributed by atoms with Crippen LogP contribution in [0.25, 0.3) is 0 Å². The third kappa shape index (κ3) is 3.24. The molecule has 4 heteroatoms. The Balaban J connectivity index is 2.65. The quantitative estimate of drug-likeness (QED) is 0.803. The van der Waals surface area contributed by atoms with E-state index in [2.05, 4.69) is 5.32 Å². The van der Waals surface area contributed by atoms with E-state index in [1.54, 1.807) is 7.11 Å². The van der Waals surface area contributed by atoms with E-state index in [-0.39, 0.29) is 0 Å². The number of nitrogens with one attached hydrogen (secondary N) is 1. The number of aliphatic hydroxyl groups is 1. The Hall–Kier alpha value is -1.55. The third-order valence-corrected chi connectivity index (χ3v) is 2.19. The maximum absolute atomic E-state index is 11.4. The van der Waals surface area contributed by atoms with Crippen LogP contribution in [0.1, 0.15) is 19.4 Å². The van der Waals surface area contributed by atoms with Crippen molar-refractivity contribution in [3.8, 4) is 5.75 Å². The third-order valence-electron chi connectivity index (χ3n) is 2.19. The first-order valence-corrected chi connectivity index (χ1v) is 5.07. The summed E-state index contributed by atoms with van der Waals surface area (Å²) < 4.78 is 5.15. The van der Waals surface area contributed by atoms with Crippen molar-refractivity contribution in [2.75, 3.05) is 7.11 Å². The van der Waals surface area contributed by atoms with E-state index in [0.717, 1.165) is 11.3 Å². The maximum atomic E-state index is 11.4. The topological polar surface area (TPSA) is 58.6 Å². The van der Waals surface area contributed by atoms with Gasteiger partial charge >= 0.3 is 0 Å². The van der Waals surface area contributed by atoms with Gasteiger partial charge in [-0.3, -0.25) is 4.79 Å². The fraction of sp³-hybridized carbons (Fsp3) is 0.417. The molecule has 0 bridgehead atoms. The molecule has 0 aliphatic rings. The predicted octanol–water partition coefficient (Wildman–Crippen LogP) is 1.08. The lowest BCUT2D eigenvalue weighted by Gasteiger charge is -2.17. The summed E-state index contributed by atoms with van der Waals surface area (Å²) >= 11 is 0. The van der Waals surface area contributed by atoms with Gasteiger partial charge in [-0.05, 0) is 19.9 Å². The molecule has 0 atom stereocenters. The highest BCUT2D eigenvalue weighted by Crippen LogP contribution is 2.16. The lowest BCUT2D eigenvalue weighted by Crippen LogP contribution is -2.41. The minimum Gasteiger partial charge on any atom is -0.496 e. The van der Waals surface area contributed by atoms with E-state index in [1.807, 2.05) is 24.3 Å². The van der Waals surface area contributed by atoms with Gasteiger partial charge in [0.05, 0.1) is 7.11 Å². The Kier molecular flexibility index (Phi) is 3.90. The predicted molar refractivity (Wildman–Crippen MR) is 61.1 cm³/mol. The fourth-order valence-electron chi connectivity index (χ4n) is 1.24. The summed E-state index contributed by atoms with van der Waals surface area (Å²) in [7, 11) is 1.58. The lowest BCUT2D eigenvalue weighted by atomic mass is 10.1. The monoisotopic (exact) mass is 223 g/mol. The second kappa shape index (κ2) is 4.99. The van der Waals surface area contributed by atoms with Gasteiger partial charge in [0, 0.05) is 12.1 Å². The molecule has 0 aliphatic heterocycles. The standard InChI is InChI=1S/C12H17NO3/c1-12(2,15)11(14)13-8-9-6-4-5-7-10(9)16-3/h4-7,15H,8H2,1-3H3,(H,13,14). The number of hydrogen-bond donors (Lipinski definition) is 2. The van der Waals surface area contributed by atoms with Crippen LogP contribution in [0, 0.1) is 0 Å². The summed E-state index contributed by atoms with van der Waals surface area (Å²) in [5.74, 6) is 0.317. The van der Waals surface area contributed by atoms with Crippen LogP contribution in [0.4, 0.5) is 0 Å². The molecule has 16 heavy (non-hydrogen) atoms. The molecule has 0 heterocycles. The molecule has 0 unspecified atom stereocenters. The van der Waals surface area contributed by atoms with Crippen LogP contribution < -0.4 is 10.1 Å². The molecular formula is C12H17NO3. The van der Waals surface area contributed by atoms with Crippen LogP contribution in [-0.2, 0) is 11.3 Å². The summed E-state index contributed by atoms with van der Waals surface area (Å²) in [6.45, 7) is 3.24. The average Bonchev–Trinajstić information content (AvgIpc) is 2.24. The van der Waals surface area contributed by atoms with Crippen LogP contribution in [-0.4, -0.2) is 23.7 Å². The highest BCUT2D eigenvalue weighted by molar-refractivity contribution is 5.83. The normalized spacial score (nSPS) is 11.0. The van der Waals surface area contributed by atoms with Crippen molar-refractivity contribution in [2.24, 2.45) is 0 Å². The van der Waals surface area contributed by atoms with Crippen molar-refractivity contribution in [3.05, 3.63) is 29.8 Å². The number of benzene rings is 1. The molecule has 0 fully saturated rings. The van der Waals surface area contributed by atoms with Crippen molar-refractivity contribution in [2.45, 2.75) is 26.0 Å². The summed E-state index contributed by atoms with van der Waals surface area (Å²) in [4.78, 5) is 11.4. The van der Waals surface area contributed by atoms with Crippen molar-refractivity contribution >= 4 is 5.91 Å². The zero-order chi connectivity index (χ0) is 12.2. The largest absolute Gasteiger partial charge is 0.496 e.